The lowest BCUT2D eigenvalue weighted by Crippen LogP contribution is -2.44. The molecule has 3 aromatic carbocycles. The summed E-state index contributed by atoms with van der Waals surface area (Å²) in [7, 11) is -1.09. The molecule has 0 aromatic heterocycles. The van der Waals surface area contributed by atoms with Crippen LogP contribution in [-0.2, 0) is 16.2 Å². The average Bonchev–Trinajstić information content (AvgIpc) is 2.68. The molecule has 134 valence electrons. The first-order valence-electron chi connectivity index (χ1n) is 9.38. The third kappa shape index (κ3) is 1.97. The predicted octanol–water partition coefficient (Wildman–Crippen LogP) is 5.50. The minimum absolute atomic E-state index is 0.249. The van der Waals surface area contributed by atoms with Crippen LogP contribution in [0.15, 0.2) is 83.3 Å². The Morgan fingerprint density at radius 2 is 1.11 bits per heavy atom. The molecule has 27 heavy (non-hydrogen) atoms. The van der Waals surface area contributed by atoms with Gasteiger partial charge >= 0.3 is 0 Å². The third-order valence-electron chi connectivity index (χ3n) is 6.11. The molecule has 2 heteroatoms. The van der Waals surface area contributed by atoms with E-state index in [2.05, 4.69) is 86.6 Å². The summed E-state index contributed by atoms with van der Waals surface area (Å²) in [4.78, 5) is 1.02. The van der Waals surface area contributed by atoms with Crippen molar-refractivity contribution in [2.45, 2.75) is 25.2 Å². The molecule has 0 saturated heterocycles. The number of rotatable bonds is 2. The maximum Gasteiger partial charge on any atom is 0.0794 e. The molecular formula is C25H22OS. The minimum atomic E-state index is -1.09. The van der Waals surface area contributed by atoms with E-state index in [1.807, 2.05) is 6.26 Å². The van der Waals surface area contributed by atoms with E-state index in [1.54, 1.807) is 0 Å². The van der Waals surface area contributed by atoms with Gasteiger partial charge in [-0.15, -0.1) is 0 Å². The molecule has 6 rings (SSSR count). The molecule has 0 heterocycles. The van der Waals surface area contributed by atoms with Gasteiger partial charge in [0.25, 0.3) is 0 Å². The number of hydrogen-bond acceptors (Lipinski definition) is 1. The fourth-order valence-corrected chi connectivity index (χ4v) is 6.79. The zero-order valence-electron chi connectivity index (χ0n) is 15.8. The summed E-state index contributed by atoms with van der Waals surface area (Å²) in [6.45, 7) is 4.19. The van der Waals surface area contributed by atoms with Gasteiger partial charge in [0.1, 0.15) is 0 Å². The van der Waals surface area contributed by atoms with E-state index in [-0.39, 0.29) is 5.92 Å². The molecule has 2 bridgehead atoms. The fraction of sp³-hybridized carbons (Fsp3) is 0.200. The Kier molecular flexibility index (Phi) is 3.57. The van der Waals surface area contributed by atoms with Crippen molar-refractivity contribution in [1.29, 1.82) is 0 Å². The van der Waals surface area contributed by atoms with Crippen molar-refractivity contribution in [1.82, 2.24) is 0 Å². The maximum atomic E-state index is 13.1. The van der Waals surface area contributed by atoms with E-state index in [4.69, 9.17) is 0 Å². The van der Waals surface area contributed by atoms with Gasteiger partial charge in [-0.1, -0.05) is 78.4 Å². The van der Waals surface area contributed by atoms with Gasteiger partial charge in [-0.2, -0.15) is 0 Å². The van der Waals surface area contributed by atoms with Crippen LogP contribution in [0, 0.1) is 0 Å². The molecule has 0 amide bonds. The highest BCUT2D eigenvalue weighted by molar-refractivity contribution is 7.88. The van der Waals surface area contributed by atoms with Gasteiger partial charge in [-0.05, 0) is 47.2 Å². The molecule has 0 radical (unpaired) electrons. The van der Waals surface area contributed by atoms with Crippen LogP contribution in [0.4, 0.5) is 0 Å². The van der Waals surface area contributed by atoms with Gasteiger partial charge in [0.15, 0.2) is 0 Å². The van der Waals surface area contributed by atoms with E-state index in [0.717, 1.165) is 10.5 Å². The molecular weight excluding hydrogens is 348 g/mol. The van der Waals surface area contributed by atoms with Gasteiger partial charge in [-0.25, -0.2) is 0 Å². The Labute approximate surface area is 163 Å². The van der Waals surface area contributed by atoms with Crippen molar-refractivity contribution < 1.29 is 4.21 Å². The third-order valence-corrected chi connectivity index (χ3v) is 7.40. The van der Waals surface area contributed by atoms with Crippen molar-refractivity contribution in [3.63, 3.8) is 0 Å². The van der Waals surface area contributed by atoms with Gasteiger partial charge < -0.3 is 0 Å². The van der Waals surface area contributed by atoms with Crippen LogP contribution in [-0.4, -0.2) is 10.5 Å². The Morgan fingerprint density at radius 1 is 0.741 bits per heavy atom. The van der Waals surface area contributed by atoms with E-state index in [9.17, 15) is 4.21 Å². The molecule has 0 saturated carbocycles. The van der Waals surface area contributed by atoms with E-state index >= 15 is 0 Å². The van der Waals surface area contributed by atoms with E-state index < -0.39 is 16.2 Å². The predicted molar refractivity (Wildman–Crippen MR) is 113 cm³/mol. The fourth-order valence-electron chi connectivity index (χ4n) is 5.45. The van der Waals surface area contributed by atoms with Gasteiger partial charge in [0.05, 0.1) is 5.41 Å². The first kappa shape index (κ1) is 16.7. The largest absolute Gasteiger partial charge is 0.255 e. The van der Waals surface area contributed by atoms with E-state index in [0.29, 0.717) is 0 Å². The van der Waals surface area contributed by atoms with Gasteiger partial charge in [-0.3, -0.25) is 4.21 Å². The lowest BCUT2D eigenvalue weighted by atomic mass is 9.52. The standard InChI is InChI=1S/C25H22OS/c1-16(2)24(27(3)26)25-20-13-7-4-10-17(20)23(18-11-5-8-14-21(18)25)19-12-6-9-15-22(19)25/h4-15,23H,1-3H3. The molecule has 3 aliphatic rings. The number of benzene rings is 3. The number of allylic oxidation sites excluding steroid dienone is 2. The van der Waals surface area contributed by atoms with E-state index in [1.165, 1.54) is 33.4 Å². The molecule has 0 N–H and O–H groups in total. The molecule has 0 fully saturated rings. The Morgan fingerprint density at radius 3 is 1.44 bits per heavy atom. The van der Waals surface area contributed by atoms with Gasteiger partial charge in [0.2, 0.25) is 0 Å². The molecule has 1 atom stereocenters. The molecule has 3 aliphatic carbocycles. The van der Waals surface area contributed by atoms with Crippen molar-refractivity contribution in [3.05, 3.63) is 117 Å². The van der Waals surface area contributed by atoms with Crippen molar-refractivity contribution in [2.75, 3.05) is 6.26 Å². The average molecular weight is 371 g/mol. The lowest BCUT2D eigenvalue weighted by molar-refractivity contribution is 0.626. The van der Waals surface area contributed by atoms with Crippen LogP contribution in [0.2, 0.25) is 0 Å². The summed E-state index contributed by atoms with van der Waals surface area (Å²) >= 11 is 0. The van der Waals surface area contributed by atoms with Crippen molar-refractivity contribution in [2.24, 2.45) is 0 Å². The van der Waals surface area contributed by atoms with Crippen LogP contribution in [0.1, 0.15) is 53.1 Å². The normalized spacial score (nSPS) is 22.4. The number of hydrogen-bond donors (Lipinski definition) is 0. The van der Waals surface area contributed by atoms with Crippen molar-refractivity contribution >= 4 is 10.8 Å². The Hall–Kier alpha value is -2.45. The molecule has 0 spiro atoms. The zero-order valence-corrected chi connectivity index (χ0v) is 16.6. The monoisotopic (exact) mass is 370 g/mol. The highest BCUT2D eigenvalue weighted by Crippen LogP contribution is 2.62. The topological polar surface area (TPSA) is 17.1 Å². The maximum absolute atomic E-state index is 13.1. The summed E-state index contributed by atoms with van der Waals surface area (Å²) in [5.41, 5.74) is 8.57. The second kappa shape index (κ2) is 5.77. The summed E-state index contributed by atoms with van der Waals surface area (Å²) in [6.07, 6.45) is 1.83. The van der Waals surface area contributed by atoms with Crippen LogP contribution in [0.3, 0.4) is 0 Å². The summed E-state index contributed by atoms with van der Waals surface area (Å²) in [5, 5.41) is 0. The molecule has 0 aliphatic heterocycles. The molecule has 1 nitrogen and oxygen atoms in total. The summed E-state index contributed by atoms with van der Waals surface area (Å²) < 4.78 is 13.1. The quantitative estimate of drug-likeness (QED) is 0.582. The first-order valence-corrected chi connectivity index (χ1v) is 10.9. The van der Waals surface area contributed by atoms with Crippen molar-refractivity contribution in [3.8, 4) is 0 Å². The van der Waals surface area contributed by atoms with Gasteiger partial charge in [0, 0.05) is 27.9 Å². The first-order chi connectivity index (χ1) is 13.1. The second-order valence-corrected chi connectivity index (χ2v) is 9.04. The minimum Gasteiger partial charge on any atom is -0.255 e. The Balaban J connectivity index is 2.06. The van der Waals surface area contributed by atoms with Crippen LogP contribution in [0.25, 0.3) is 0 Å². The Bertz CT molecular complexity index is 1020. The zero-order chi connectivity index (χ0) is 18.8. The highest BCUT2D eigenvalue weighted by Gasteiger charge is 2.54. The van der Waals surface area contributed by atoms with Crippen LogP contribution >= 0.6 is 0 Å². The smallest absolute Gasteiger partial charge is 0.0794 e. The SMILES string of the molecule is CC(C)=C(S(C)=O)C12c3ccccc3C(c3ccccc31)c1ccccc12. The molecule has 1 unspecified atom stereocenters. The summed E-state index contributed by atoms with van der Waals surface area (Å²) in [5.74, 6) is 0.249. The van der Waals surface area contributed by atoms with Crippen LogP contribution < -0.4 is 0 Å². The molecule has 3 aromatic rings. The summed E-state index contributed by atoms with van der Waals surface area (Å²) in [6, 6.07) is 26.2. The highest BCUT2D eigenvalue weighted by atomic mass is 32.2. The second-order valence-electron chi connectivity index (χ2n) is 7.73. The lowest BCUT2D eigenvalue weighted by Gasteiger charge is -2.51. The van der Waals surface area contributed by atoms with Crippen LogP contribution in [0.5, 0.6) is 0 Å².